The van der Waals surface area contributed by atoms with Crippen LogP contribution in [0.3, 0.4) is 0 Å². The molecule has 1 N–H and O–H groups in total. The summed E-state index contributed by atoms with van der Waals surface area (Å²) in [7, 11) is 0. The summed E-state index contributed by atoms with van der Waals surface area (Å²) in [5.74, 6) is 0. The van der Waals surface area contributed by atoms with Crippen LogP contribution in [0.15, 0.2) is 24.5 Å². The van der Waals surface area contributed by atoms with Gasteiger partial charge in [-0.05, 0) is 38.0 Å². The Kier molecular flexibility index (Phi) is 6.38. The molecule has 0 radical (unpaired) electrons. The van der Waals surface area contributed by atoms with E-state index in [9.17, 15) is 13.2 Å². The number of aromatic nitrogens is 1. The van der Waals surface area contributed by atoms with Crippen molar-refractivity contribution in [3.05, 3.63) is 30.1 Å². The summed E-state index contributed by atoms with van der Waals surface area (Å²) in [5.41, 5.74) is 0.627. The van der Waals surface area contributed by atoms with Crippen molar-refractivity contribution in [1.29, 1.82) is 0 Å². The van der Waals surface area contributed by atoms with Crippen LogP contribution in [0.4, 0.5) is 13.2 Å². The molecule has 0 aromatic carbocycles. The van der Waals surface area contributed by atoms with E-state index in [1.165, 1.54) is 12.4 Å². The molecule has 4 nitrogen and oxygen atoms in total. The molecule has 2 rings (SSSR count). The molecule has 130 valence electrons. The number of nitrogens with one attached hydrogen (secondary N) is 1. The zero-order valence-corrected chi connectivity index (χ0v) is 13.5. The second-order valence-corrected chi connectivity index (χ2v) is 6.07. The Labute approximate surface area is 135 Å². The van der Waals surface area contributed by atoms with Gasteiger partial charge in [-0.1, -0.05) is 0 Å². The summed E-state index contributed by atoms with van der Waals surface area (Å²) in [4.78, 5) is 6.03. The quantitative estimate of drug-likeness (QED) is 0.868. The van der Waals surface area contributed by atoms with E-state index in [1.54, 1.807) is 12.1 Å². The van der Waals surface area contributed by atoms with Crippen molar-refractivity contribution in [1.82, 2.24) is 15.2 Å². The van der Waals surface area contributed by atoms with Crippen molar-refractivity contribution < 1.29 is 17.9 Å². The van der Waals surface area contributed by atoms with Crippen LogP contribution in [-0.2, 0) is 11.2 Å². The summed E-state index contributed by atoms with van der Waals surface area (Å²) >= 11 is 0. The number of hydrogen-bond acceptors (Lipinski definition) is 4. The van der Waals surface area contributed by atoms with Gasteiger partial charge >= 0.3 is 6.18 Å². The molecule has 7 heteroatoms. The Morgan fingerprint density at radius 1 is 1.39 bits per heavy atom. The number of rotatable bonds is 6. The summed E-state index contributed by atoms with van der Waals surface area (Å²) in [5, 5.41) is 2.70. The van der Waals surface area contributed by atoms with Crippen LogP contribution in [0.1, 0.15) is 19.4 Å². The molecule has 1 aliphatic rings. The van der Waals surface area contributed by atoms with Crippen LogP contribution < -0.4 is 5.32 Å². The number of pyridine rings is 1. The van der Waals surface area contributed by atoms with E-state index in [4.69, 9.17) is 4.74 Å². The summed E-state index contributed by atoms with van der Waals surface area (Å²) in [6, 6.07) is 1.94. The summed E-state index contributed by atoms with van der Waals surface area (Å²) in [6.07, 6.45) is -1.33. The second kappa shape index (κ2) is 8.08. The van der Waals surface area contributed by atoms with Crippen LogP contribution in [0.2, 0.25) is 0 Å². The van der Waals surface area contributed by atoms with Crippen molar-refractivity contribution in [2.75, 3.05) is 26.3 Å². The maximum atomic E-state index is 13.3. The Morgan fingerprint density at radius 3 is 2.70 bits per heavy atom. The monoisotopic (exact) mass is 331 g/mol. The van der Waals surface area contributed by atoms with E-state index < -0.39 is 12.2 Å². The number of ether oxygens (including phenoxy) is 1. The van der Waals surface area contributed by atoms with E-state index in [-0.39, 0.29) is 18.5 Å². The van der Waals surface area contributed by atoms with Crippen LogP contribution in [0, 0.1) is 0 Å². The normalized spacial score (nSPS) is 22.7. The van der Waals surface area contributed by atoms with E-state index in [1.807, 2.05) is 13.8 Å². The minimum atomic E-state index is -4.28. The molecule has 23 heavy (non-hydrogen) atoms. The third-order valence-corrected chi connectivity index (χ3v) is 4.23. The lowest BCUT2D eigenvalue weighted by Gasteiger charge is -2.38. The van der Waals surface area contributed by atoms with Gasteiger partial charge in [-0.2, -0.15) is 13.2 Å². The molecule has 0 amide bonds. The molecule has 3 atom stereocenters. The number of alkyl halides is 3. The average Bonchev–Trinajstić information content (AvgIpc) is 2.51. The molecule has 1 aliphatic heterocycles. The minimum Gasteiger partial charge on any atom is -0.379 e. The van der Waals surface area contributed by atoms with Gasteiger partial charge in [0.25, 0.3) is 0 Å². The predicted molar refractivity (Wildman–Crippen MR) is 82.2 cm³/mol. The molecule has 1 fully saturated rings. The fourth-order valence-corrected chi connectivity index (χ4v) is 2.88. The van der Waals surface area contributed by atoms with Crippen LogP contribution in [0.5, 0.6) is 0 Å². The van der Waals surface area contributed by atoms with E-state index in [2.05, 4.69) is 15.2 Å². The highest BCUT2D eigenvalue weighted by Crippen LogP contribution is 2.23. The Hall–Kier alpha value is -1.18. The Morgan fingerprint density at radius 2 is 2.09 bits per heavy atom. The SMILES string of the molecule is C[C@H](CN[C@H](Cc1ccncc1)C(F)(F)F)N1CCOC[C@H]1C. The first-order valence-electron chi connectivity index (χ1n) is 7.90. The lowest BCUT2D eigenvalue weighted by atomic mass is 10.1. The van der Waals surface area contributed by atoms with Crippen LogP contribution >= 0.6 is 0 Å². The fraction of sp³-hybridized carbons (Fsp3) is 0.688. The van der Waals surface area contributed by atoms with Crippen LogP contribution in [0.25, 0.3) is 0 Å². The first kappa shape index (κ1) is 18.2. The first-order chi connectivity index (χ1) is 10.9. The van der Waals surface area contributed by atoms with Gasteiger partial charge in [-0.25, -0.2) is 0 Å². The smallest absolute Gasteiger partial charge is 0.379 e. The van der Waals surface area contributed by atoms with Gasteiger partial charge in [-0.15, -0.1) is 0 Å². The molecule has 0 saturated carbocycles. The highest BCUT2D eigenvalue weighted by molar-refractivity contribution is 5.12. The third-order valence-electron chi connectivity index (χ3n) is 4.23. The number of halogens is 3. The van der Waals surface area contributed by atoms with Gasteiger partial charge in [0.1, 0.15) is 6.04 Å². The fourth-order valence-electron chi connectivity index (χ4n) is 2.88. The van der Waals surface area contributed by atoms with E-state index >= 15 is 0 Å². The summed E-state index contributed by atoms with van der Waals surface area (Å²) < 4.78 is 45.2. The molecular weight excluding hydrogens is 307 g/mol. The number of hydrogen-bond donors (Lipinski definition) is 1. The van der Waals surface area contributed by atoms with Crippen molar-refractivity contribution in [2.24, 2.45) is 0 Å². The van der Waals surface area contributed by atoms with Gasteiger partial charge in [0.15, 0.2) is 0 Å². The molecular formula is C16H24F3N3O. The van der Waals surface area contributed by atoms with Gasteiger partial charge in [0.2, 0.25) is 0 Å². The molecule has 1 aromatic rings. The zero-order valence-electron chi connectivity index (χ0n) is 13.5. The van der Waals surface area contributed by atoms with Crippen molar-refractivity contribution >= 4 is 0 Å². The van der Waals surface area contributed by atoms with Gasteiger partial charge in [-0.3, -0.25) is 9.88 Å². The number of morpholine rings is 1. The Balaban J connectivity index is 1.93. The third kappa shape index (κ3) is 5.44. The van der Waals surface area contributed by atoms with Gasteiger partial charge < -0.3 is 10.1 Å². The molecule has 0 aliphatic carbocycles. The molecule has 0 bridgehead atoms. The average molecular weight is 331 g/mol. The predicted octanol–water partition coefficient (Wildman–Crippen LogP) is 2.25. The first-order valence-corrected chi connectivity index (χ1v) is 7.90. The molecule has 0 unspecified atom stereocenters. The molecule has 2 heterocycles. The highest BCUT2D eigenvalue weighted by Gasteiger charge is 2.39. The maximum absolute atomic E-state index is 13.3. The molecule has 1 saturated heterocycles. The van der Waals surface area contributed by atoms with Crippen molar-refractivity contribution in [2.45, 2.75) is 44.6 Å². The maximum Gasteiger partial charge on any atom is 0.404 e. The Bertz CT molecular complexity index is 469. The van der Waals surface area contributed by atoms with Crippen LogP contribution in [-0.4, -0.2) is 60.5 Å². The topological polar surface area (TPSA) is 37.4 Å². The van der Waals surface area contributed by atoms with Crippen molar-refractivity contribution in [3.63, 3.8) is 0 Å². The molecule has 1 aromatic heterocycles. The molecule has 0 spiro atoms. The largest absolute Gasteiger partial charge is 0.404 e. The van der Waals surface area contributed by atoms with Gasteiger partial charge in [0, 0.05) is 37.6 Å². The van der Waals surface area contributed by atoms with E-state index in [0.717, 1.165) is 6.54 Å². The highest BCUT2D eigenvalue weighted by atomic mass is 19.4. The zero-order chi connectivity index (χ0) is 16.9. The minimum absolute atomic E-state index is 0.0243. The lowest BCUT2D eigenvalue weighted by molar-refractivity contribution is -0.156. The van der Waals surface area contributed by atoms with E-state index in [0.29, 0.717) is 25.3 Å². The van der Waals surface area contributed by atoms with Gasteiger partial charge in [0.05, 0.1) is 13.2 Å². The summed E-state index contributed by atoms with van der Waals surface area (Å²) in [6.45, 7) is 6.30. The lowest BCUT2D eigenvalue weighted by Crippen LogP contribution is -2.54. The standard InChI is InChI=1S/C16H24F3N3O/c1-12(22-7-8-23-11-13(22)2)10-21-15(16(17,18)19)9-14-3-5-20-6-4-14/h3-6,12-13,15,21H,7-11H2,1-2H3/t12-,13-,15-/m1/s1. The number of nitrogens with zero attached hydrogens (tertiary/aromatic N) is 2. The second-order valence-electron chi connectivity index (χ2n) is 6.07. The van der Waals surface area contributed by atoms with Crippen molar-refractivity contribution in [3.8, 4) is 0 Å².